The third-order valence-corrected chi connectivity index (χ3v) is 5.08. The number of anilines is 2. The van der Waals surface area contributed by atoms with E-state index in [-0.39, 0.29) is 11.3 Å². The van der Waals surface area contributed by atoms with Crippen molar-refractivity contribution in [1.82, 2.24) is 0 Å². The van der Waals surface area contributed by atoms with Gasteiger partial charge in [0.15, 0.2) is 6.61 Å². The first-order valence-corrected chi connectivity index (χ1v) is 10.1. The van der Waals surface area contributed by atoms with Gasteiger partial charge in [0, 0.05) is 24.8 Å². The number of ether oxygens (including phenoxy) is 1. The number of hydrogen-bond acceptors (Lipinski definition) is 6. The Hall–Kier alpha value is -3.42. The lowest BCUT2D eigenvalue weighted by molar-refractivity contribution is -0.384. The van der Waals surface area contributed by atoms with Gasteiger partial charge in [-0.2, -0.15) is 0 Å². The number of hydrogen-bond donors (Lipinski definition) is 1. The average Bonchev–Trinajstić information content (AvgIpc) is 2.78. The Morgan fingerprint density at radius 1 is 1.10 bits per heavy atom. The van der Waals surface area contributed by atoms with Crippen molar-refractivity contribution in [2.24, 2.45) is 0 Å². The zero-order chi connectivity index (χ0) is 21.5. The van der Waals surface area contributed by atoms with Gasteiger partial charge in [-0.15, -0.1) is 0 Å². The summed E-state index contributed by atoms with van der Waals surface area (Å²) in [4.78, 5) is 37.3. The van der Waals surface area contributed by atoms with E-state index in [2.05, 4.69) is 5.32 Å². The van der Waals surface area contributed by atoms with Gasteiger partial charge in [-0.1, -0.05) is 19.1 Å². The number of nitro benzene ring substituents is 1. The van der Waals surface area contributed by atoms with Crippen molar-refractivity contribution >= 4 is 28.9 Å². The lowest BCUT2D eigenvalue weighted by atomic mass is 10.1. The summed E-state index contributed by atoms with van der Waals surface area (Å²) < 4.78 is 5.04. The Morgan fingerprint density at radius 2 is 1.80 bits per heavy atom. The number of carbonyl (C=O) groups is 2. The monoisotopic (exact) mass is 411 g/mol. The van der Waals surface area contributed by atoms with E-state index in [0.717, 1.165) is 44.3 Å². The van der Waals surface area contributed by atoms with Crippen molar-refractivity contribution in [3.63, 3.8) is 0 Å². The predicted octanol–water partition coefficient (Wildman–Crippen LogP) is 3.94. The highest BCUT2D eigenvalue weighted by Gasteiger charge is 2.23. The molecule has 0 bridgehead atoms. The van der Waals surface area contributed by atoms with Crippen molar-refractivity contribution in [2.75, 3.05) is 29.9 Å². The lowest BCUT2D eigenvalue weighted by Gasteiger charge is -2.28. The SMILES string of the molecule is CCc1ccc(NC(=O)COC(=O)c2ccc(N3CCCCC3)c([N+](=O)[O-])c2)cc1. The Bertz CT molecular complexity index is 921. The Balaban J connectivity index is 1.62. The standard InChI is InChI=1S/C22H25N3O5/c1-2-16-6-9-18(10-7-16)23-21(26)15-30-22(27)17-8-11-19(20(14-17)25(28)29)24-12-4-3-5-13-24/h6-11,14H,2-5,12-13,15H2,1H3,(H,23,26). The van der Waals surface area contributed by atoms with Crippen LogP contribution in [-0.4, -0.2) is 36.5 Å². The second-order valence-corrected chi connectivity index (χ2v) is 7.18. The molecule has 1 heterocycles. The maximum atomic E-state index is 12.3. The molecule has 2 aromatic rings. The van der Waals surface area contributed by atoms with E-state index in [4.69, 9.17) is 4.74 Å². The van der Waals surface area contributed by atoms with Gasteiger partial charge in [-0.25, -0.2) is 4.79 Å². The summed E-state index contributed by atoms with van der Waals surface area (Å²) in [6.45, 7) is 3.07. The molecule has 1 aliphatic rings. The van der Waals surface area contributed by atoms with Crippen molar-refractivity contribution in [1.29, 1.82) is 0 Å². The van der Waals surface area contributed by atoms with Gasteiger partial charge >= 0.3 is 5.97 Å². The minimum atomic E-state index is -0.778. The molecule has 0 aliphatic carbocycles. The van der Waals surface area contributed by atoms with Crippen LogP contribution in [0, 0.1) is 10.1 Å². The summed E-state index contributed by atoms with van der Waals surface area (Å²) in [5.41, 5.74) is 2.17. The molecule has 0 unspecified atom stereocenters. The van der Waals surface area contributed by atoms with Crippen LogP contribution in [0.3, 0.4) is 0 Å². The summed E-state index contributed by atoms with van der Waals surface area (Å²) in [7, 11) is 0. The van der Waals surface area contributed by atoms with Gasteiger partial charge in [0.25, 0.3) is 11.6 Å². The number of nitrogens with one attached hydrogen (secondary N) is 1. The van der Waals surface area contributed by atoms with Crippen molar-refractivity contribution < 1.29 is 19.2 Å². The van der Waals surface area contributed by atoms with Crippen molar-refractivity contribution in [3.8, 4) is 0 Å². The van der Waals surface area contributed by atoms with Crippen LogP contribution >= 0.6 is 0 Å². The topological polar surface area (TPSA) is 102 Å². The van der Waals surface area contributed by atoms with Crippen LogP contribution in [0.4, 0.5) is 17.1 Å². The van der Waals surface area contributed by atoms with Gasteiger partial charge < -0.3 is 15.0 Å². The summed E-state index contributed by atoms with van der Waals surface area (Å²) in [5.74, 6) is -1.26. The minimum Gasteiger partial charge on any atom is -0.452 e. The van der Waals surface area contributed by atoms with Gasteiger partial charge in [0.1, 0.15) is 5.69 Å². The molecule has 3 rings (SSSR count). The lowest BCUT2D eigenvalue weighted by Crippen LogP contribution is -2.30. The Labute approximate surface area is 175 Å². The summed E-state index contributed by atoms with van der Waals surface area (Å²) in [5, 5.41) is 14.2. The number of carbonyl (C=O) groups excluding carboxylic acids is 2. The van der Waals surface area contributed by atoms with Crippen molar-refractivity contribution in [3.05, 3.63) is 63.7 Å². The fourth-order valence-corrected chi connectivity index (χ4v) is 3.43. The number of amides is 1. The highest BCUT2D eigenvalue weighted by Crippen LogP contribution is 2.31. The fourth-order valence-electron chi connectivity index (χ4n) is 3.43. The molecule has 0 spiro atoms. The zero-order valence-electron chi connectivity index (χ0n) is 16.9. The molecule has 1 saturated heterocycles. The summed E-state index contributed by atoms with van der Waals surface area (Å²) >= 11 is 0. The molecule has 1 amide bonds. The largest absolute Gasteiger partial charge is 0.452 e. The van der Waals surface area contributed by atoms with Crippen LogP contribution in [-0.2, 0) is 16.0 Å². The third-order valence-electron chi connectivity index (χ3n) is 5.08. The van der Waals surface area contributed by atoms with Crippen LogP contribution in [0.1, 0.15) is 42.1 Å². The van der Waals surface area contributed by atoms with E-state index < -0.39 is 23.4 Å². The molecule has 30 heavy (non-hydrogen) atoms. The van der Waals surface area contributed by atoms with Crippen LogP contribution < -0.4 is 10.2 Å². The van der Waals surface area contributed by atoms with E-state index in [0.29, 0.717) is 11.4 Å². The molecule has 0 saturated carbocycles. The number of nitrogens with zero attached hydrogens (tertiary/aromatic N) is 2. The predicted molar refractivity (Wildman–Crippen MR) is 114 cm³/mol. The van der Waals surface area contributed by atoms with Gasteiger partial charge in [0.05, 0.1) is 10.5 Å². The second kappa shape index (κ2) is 9.87. The molecule has 0 atom stereocenters. The van der Waals surface area contributed by atoms with Crippen molar-refractivity contribution in [2.45, 2.75) is 32.6 Å². The minimum absolute atomic E-state index is 0.0440. The first-order chi connectivity index (χ1) is 14.5. The van der Waals surface area contributed by atoms with E-state index >= 15 is 0 Å². The molecular weight excluding hydrogens is 386 g/mol. The van der Waals surface area contributed by atoms with E-state index in [1.165, 1.54) is 12.1 Å². The quantitative estimate of drug-likeness (QED) is 0.421. The molecular formula is C22H25N3O5. The first-order valence-electron chi connectivity index (χ1n) is 10.1. The van der Waals surface area contributed by atoms with Gasteiger partial charge in [-0.05, 0) is 55.5 Å². The fraction of sp³-hybridized carbons (Fsp3) is 0.364. The second-order valence-electron chi connectivity index (χ2n) is 7.18. The maximum absolute atomic E-state index is 12.3. The van der Waals surface area contributed by atoms with Crippen LogP contribution in [0.15, 0.2) is 42.5 Å². The normalized spacial score (nSPS) is 13.6. The highest BCUT2D eigenvalue weighted by molar-refractivity contribution is 5.96. The number of rotatable bonds is 7. The third kappa shape index (κ3) is 5.34. The molecule has 158 valence electrons. The number of esters is 1. The first kappa shape index (κ1) is 21.3. The Kier molecular flexibility index (Phi) is 7.00. The van der Waals surface area contributed by atoms with E-state index in [9.17, 15) is 19.7 Å². The molecule has 0 aromatic heterocycles. The molecule has 1 fully saturated rings. The molecule has 1 N–H and O–H groups in total. The van der Waals surface area contributed by atoms with Crippen LogP contribution in [0.25, 0.3) is 0 Å². The molecule has 8 nitrogen and oxygen atoms in total. The number of piperidine rings is 1. The average molecular weight is 411 g/mol. The number of nitro groups is 1. The van der Waals surface area contributed by atoms with Crippen LogP contribution in [0.2, 0.25) is 0 Å². The summed E-state index contributed by atoms with van der Waals surface area (Å²) in [6, 6.07) is 11.7. The molecule has 0 radical (unpaired) electrons. The molecule has 1 aliphatic heterocycles. The van der Waals surface area contributed by atoms with Crippen LogP contribution in [0.5, 0.6) is 0 Å². The van der Waals surface area contributed by atoms with Gasteiger partial charge in [0.2, 0.25) is 0 Å². The summed E-state index contributed by atoms with van der Waals surface area (Å²) in [6.07, 6.45) is 3.97. The Morgan fingerprint density at radius 3 is 2.43 bits per heavy atom. The van der Waals surface area contributed by atoms with E-state index in [1.807, 2.05) is 24.0 Å². The number of aryl methyl sites for hydroxylation is 1. The van der Waals surface area contributed by atoms with E-state index in [1.54, 1.807) is 18.2 Å². The maximum Gasteiger partial charge on any atom is 0.338 e. The van der Waals surface area contributed by atoms with Gasteiger partial charge in [-0.3, -0.25) is 14.9 Å². The smallest absolute Gasteiger partial charge is 0.338 e. The zero-order valence-corrected chi connectivity index (χ0v) is 16.9. The molecule has 2 aromatic carbocycles. The number of benzene rings is 2. The molecule has 8 heteroatoms. The highest BCUT2D eigenvalue weighted by atomic mass is 16.6.